The fraction of sp³-hybridized carbons (Fsp3) is 0.909. The average Bonchev–Trinajstić information content (AvgIpc) is 2.25. The van der Waals surface area contributed by atoms with Gasteiger partial charge in [0.1, 0.15) is 0 Å². The first-order chi connectivity index (χ1) is 8.37. The van der Waals surface area contributed by atoms with E-state index in [1.807, 2.05) is 7.05 Å². The second kappa shape index (κ2) is 6.94. The van der Waals surface area contributed by atoms with Crippen molar-refractivity contribution in [3.8, 4) is 0 Å². The summed E-state index contributed by atoms with van der Waals surface area (Å²) in [7, 11) is 2.03. The highest BCUT2D eigenvalue weighted by atomic mass is 19.4. The second-order valence-electron chi connectivity index (χ2n) is 4.79. The molecule has 0 aromatic rings. The van der Waals surface area contributed by atoms with E-state index in [9.17, 15) is 18.0 Å². The summed E-state index contributed by atoms with van der Waals surface area (Å²) in [6.45, 7) is 1.11. The van der Waals surface area contributed by atoms with Crippen LogP contribution in [0.1, 0.15) is 12.8 Å². The molecule has 0 spiro atoms. The molecule has 1 rings (SSSR count). The highest BCUT2D eigenvalue weighted by molar-refractivity contribution is 5.77. The predicted molar refractivity (Wildman–Crippen MR) is 62.2 cm³/mol. The molecule has 1 fully saturated rings. The second-order valence-corrected chi connectivity index (χ2v) is 4.79. The first-order valence-electron chi connectivity index (χ1n) is 6.09. The van der Waals surface area contributed by atoms with Crippen molar-refractivity contribution < 1.29 is 18.0 Å². The van der Waals surface area contributed by atoms with Gasteiger partial charge in [0, 0.05) is 13.1 Å². The van der Waals surface area contributed by atoms with E-state index in [1.165, 1.54) is 0 Å². The van der Waals surface area contributed by atoms with E-state index in [2.05, 4.69) is 15.5 Å². The van der Waals surface area contributed by atoms with Gasteiger partial charge in [0.25, 0.3) is 0 Å². The van der Waals surface area contributed by atoms with E-state index >= 15 is 0 Å². The fourth-order valence-corrected chi connectivity index (χ4v) is 2.08. The third kappa shape index (κ3) is 6.80. The number of nitrogens with zero attached hydrogens (tertiary/aromatic N) is 1. The quantitative estimate of drug-likeness (QED) is 0.766. The zero-order valence-corrected chi connectivity index (χ0v) is 10.5. The van der Waals surface area contributed by atoms with E-state index in [1.54, 1.807) is 0 Å². The Kier molecular flexibility index (Phi) is 5.87. The van der Waals surface area contributed by atoms with Crippen LogP contribution >= 0.6 is 0 Å². The predicted octanol–water partition coefficient (Wildman–Crippen LogP) is 0.596. The summed E-state index contributed by atoms with van der Waals surface area (Å²) in [5.41, 5.74) is 0. The molecule has 4 nitrogen and oxygen atoms in total. The van der Waals surface area contributed by atoms with Crippen LogP contribution < -0.4 is 10.6 Å². The number of rotatable bonds is 5. The van der Waals surface area contributed by atoms with Crippen LogP contribution in [-0.2, 0) is 4.79 Å². The molecule has 0 radical (unpaired) electrons. The number of carbonyl (C=O) groups excluding carboxylic acids is 1. The molecule has 1 aliphatic rings. The minimum absolute atomic E-state index is 0.290. The number of piperidine rings is 1. The SMILES string of the molecule is CN1CCCC(CNC(=O)CNCC(F)(F)F)C1. The molecule has 0 bridgehead atoms. The van der Waals surface area contributed by atoms with Gasteiger partial charge in [-0.05, 0) is 32.4 Å². The van der Waals surface area contributed by atoms with Crippen LogP contribution in [0.25, 0.3) is 0 Å². The van der Waals surface area contributed by atoms with E-state index in [0.717, 1.165) is 25.9 Å². The molecule has 0 aliphatic carbocycles. The standard InChI is InChI=1S/C11H20F3N3O/c1-17-4-2-3-9(7-17)5-16-10(18)6-15-8-11(12,13)14/h9,15H,2-8H2,1H3,(H,16,18). The highest BCUT2D eigenvalue weighted by Gasteiger charge is 2.26. The van der Waals surface area contributed by atoms with Crippen LogP contribution in [0, 0.1) is 5.92 Å². The van der Waals surface area contributed by atoms with Crippen LogP contribution in [0.2, 0.25) is 0 Å². The molecule has 0 saturated carbocycles. The van der Waals surface area contributed by atoms with Crippen molar-refractivity contribution >= 4 is 5.91 Å². The van der Waals surface area contributed by atoms with Crippen molar-refractivity contribution in [3.05, 3.63) is 0 Å². The monoisotopic (exact) mass is 267 g/mol. The zero-order chi connectivity index (χ0) is 13.6. The summed E-state index contributed by atoms with van der Waals surface area (Å²) < 4.78 is 35.5. The number of likely N-dealkylation sites (tertiary alicyclic amines) is 1. The summed E-state index contributed by atoms with van der Waals surface area (Å²) in [4.78, 5) is 13.5. The van der Waals surface area contributed by atoms with Crippen LogP contribution in [-0.4, -0.2) is 56.8 Å². The Morgan fingerprint density at radius 1 is 1.44 bits per heavy atom. The Hall–Kier alpha value is -0.820. The van der Waals surface area contributed by atoms with Gasteiger partial charge in [-0.25, -0.2) is 0 Å². The fourth-order valence-electron chi connectivity index (χ4n) is 2.08. The summed E-state index contributed by atoms with van der Waals surface area (Å²) in [5.74, 6) is 0.0165. The molecular weight excluding hydrogens is 247 g/mol. The number of alkyl halides is 3. The molecule has 1 atom stereocenters. The van der Waals surface area contributed by atoms with Crippen LogP contribution in [0.3, 0.4) is 0 Å². The van der Waals surface area contributed by atoms with Gasteiger partial charge in [-0.15, -0.1) is 0 Å². The number of halogens is 3. The van der Waals surface area contributed by atoms with Gasteiger partial charge in [0.05, 0.1) is 13.1 Å². The van der Waals surface area contributed by atoms with E-state index in [4.69, 9.17) is 0 Å². The molecule has 1 saturated heterocycles. The van der Waals surface area contributed by atoms with Crippen molar-refractivity contribution in [1.82, 2.24) is 15.5 Å². The van der Waals surface area contributed by atoms with Gasteiger partial charge in [-0.1, -0.05) is 0 Å². The average molecular weight is 267 g/mol. The number of hydrogen-bond donors (Lipinski definition) is 2. The number of amides is 1. The third-order valence-corrected chi connectivity index (χ3v) is 2.92. The summed E-state index contributed by atoms with van der Waals surface area (Å²) in [6, 6.07) is 0. The third-order valence-electron chi connectivity index (χ3n) is 2.92. The maximum Gasteiger partial charge on any atom is 0.401 e. The van der Waals surface area contributed by atoms with Gasteiger partial charge in [0.2, 0.25) is 5.91 Å². The topological polar surface area (TPSA) is 44.4 Å². The first kappa shape index (κ1) is 15.2. The van der Waals surface area contributed by atoms with Crippen LogP contribution in [0.5, 0.6) is 0 Å². The Labute approximate surface area is 105 Å². The van der Waals surface area contributed by atoms with Gasteiger partial charge in [0.15, 0.2) is 0 Å². The molecule has 1 unspecified atom stereocenters. The summed E-state index contributed by atoms with van der Waals surface area (Å²) in [6.07, 6.45) is -2.11. The molecule has 1 heterocycles. The molecule has 1 amide bonds. The van der Waals surface area contributed by atoms with Crippen molar-refractivity contribution in [2.45, 2.75) is 19.0 Å². The van der Waals surface area contributed by atoms with Crippen molar-refractivity contribution in [1.29, 1.82) is 0 Å². The lowest BCUT2D eigenvalue weighted by Gasteiger charge is -2.29. The molecule has 106 valence electrons. The summed E-state index contributed by atoms with van der Waals surface area (Å²) in [5, 5.41) is 4.74. The van der Waals surface area contributed by atoms with Crippen molar-refractivity contribution in [2.75, 3.05) is 39.8 Å². The van der Waals surface area contributed by atoms with Crippen LogP contribution in [0.15, 0.2) is 0 Å². The van der Waals surface area contributed by atoms with Crippen LogP contribution in [0.4, 0.5) is 13.2 Å². The Morgan fingerprint density at radius 3 is 2.78 bits per heavy atom. The number of hydrogen-bond acceptors (Lipinski definition) is 3. The van der Waals surface area contributed by atoms with Gasteiger partial charge < -0.3 is 15.5 Å². The molecule has 0 aromatic carbocycles. The minimum atomic E-state index is -4.27. The maximum absolute atomic E-state index is 11.8. The lowest BCUT2D eigenvalue weighted by atomic mass is 9.98. The Morgan fingerprint density at radius 2 is 2.17 bits per heavy atom. The molecule has 18 heavy (non-hydrogen) atoms. The Bertz CT molecular complexity index is 271. The largest absolute Gasteiger partial charge is 0.401 e. The number of nitrogens with one attached hydrogen (secondary N) is 2. The minimum Gasteiger partial charge on any atom is -0.355 e. The van der Waals surface area contributed by atoms with E-state index in [0.29, 0.717) is 12.5 Å². The first-order valence-corrected chi connectivity index (χ1v) is 6.09. The molecule has 0 aromatic heterocycles. The molecule has 7 heteroatoms. The van der Waals surface area contributed by atoms with Gasteiger partial charge in [-0.3, -0.25) is 4.79 Å². The highest BCUT2D eigenvalue weighted by Crippen LogP contribution is 2.14. The van der Waals surface area contributed by atoms with Gasteiger partial charge >= 0.3 is 6.18 Å². The van der Waals surface area contributed by atoms with E-state index < -0.39 is 12.7 Å². The maximum atomic E-state index is 11.8. The Balaban J connectivity index is 2.09. The summed E-state index contributed by atoms with van der Waals surface area (Å²) >= 11 is 0. The molecule has 2 N–H and O–H groups in total. The van der Waals surface area contributed by atoms with Crippen molar-refractivity contribution in [3.63, 3.8) is 0 Å². The lowest BCUT2D eigenvalue weighted by molar-refractivity contribution is -0.128. The normalized spacial score (nSPS) is 21.9. The molecular formula is C11H20F3N3O. The zero-order valence-electron chi connectivity index (χ0n) is 10.5. The smallest absolute Gasteiger partial charge is 0.355 e. The lowest BCUT2D eigenvalue weighted by Crippen LogP contribution is -2.42. The molecule has 1 aliphatic heterocycles. The van der Waals surface area contributed by atoms with Crippen molar-refractivity contribution in [2.24, 2.45) is 5.92 Å². The van der Waals surface area contributed by atoms with Gasteiger partial charge in [-0.2, -0.15) is 13.2 Å². The number of carbonyl (C=O) groups is 1. The van der Waals surface area contributed by atoms with E-state index in [-0.39, 0.29) is 12.5 Å².